The smallest absolute Gasteiger partial charge is 0.227 e. The number of primary amides is 1. The summed E-state index contributed by atoms with van der Waals surface area (Å²) in [6.45, 7) is 3.12. The minimum Gasteiger partial charge on any atom is -0.502 e. The van der Waals surface area contributed by atoms with Crippen molar-refractivity contribution in [3.8, 4) is 5.75 Å². The highest BCUT2D eigenvalue weighted by molar-refractivity contribution is 5.75. The molecule has 2 aromatic heterocycles. The minimum absolute atomic E-state index is 0.0348. The van der Waals surface area contributed by atoms with Gasteiger partial charge in [-0.05, 0) is 11.6 Å². The molecule has 3 heterocycles. The van der Waals surface area contributed by atoms with Crippen molar-refractivity contribution in [3.63, 3.8) is 0 Å². The van der Waals surface area contributed by atoms with Gasteiger partial charge in [-0.3, -0.25) is 19.5 Å². The molecule has 0 spiro atoms. The first kappa shape index (κ1) is 18.1. The Morgan fingerprint density at radius 2 is 2.15 bits per heavy atom. The Hall–Kier alpha value is -2.71. The molecule has 138 valence electrons. The number of morpholine rings is 1. The molecule has 26 heavy (non-hydrogen) atoms. The molecule has 1 aliphatic heterocycles. The van der Waals surface area contributed by atoms with Crippen LogP contribution in [0.4, 0.5) is 0 Å². The third-order valence-electron chi connectivity index (χ3n) is 4.29. The first-order valence-corrected chi connectivity index (χ1v) is 8.39. The normalized spacial score (nSPS) is 16.3. The van der Waals surface area contributed by atoms with E-state index < -0.39 is 23.0 Å². The van der Waals surface area contributed by atoms with E-state index >= 15 is 0 Å². The molecule has 0 bridgehead atoms. The molecule has 3 N–H and O–H groups in total. The Morgan fingerprint density at radius 3 is 2.81 bits per heavy atom. The molecule has 1 atom stereocenters. The van der Waals surface area contributed by atoms with Crippen LogP contribution in [0.15, 0.2) is 39.8 Å². The molecule has 8 heteroatoms. The van der Waals surface area contributed by atoms with Gasteiger partial charge in [0.15, 0.2) is 5.76 Å². The predicted octanol–water partition coefficient (Wildman–Crippen LogP) is 0.580. The molecule has 1 saturated heterocycles. The van der Waals surface area contributed by atoms with Gasteiger partial charge in [0.1, 0.15) is 5.76 Å². The van der Waals surface area contributed by atoms with Crippen LogP contribution in [-0.4, -0.2) is 47.2 Å². The topological polar surface area (TPSA) is 119 Å². The van der Waals surface area contributed by atoms with Crippen LogP contribution in [0.25, 0.3) is 0 Å². The van der Waals surface area contributed by atoms with Crippen LogP contribution < -0.4 is 11.2 Å². The standard InChI is InChI=1S/C18H21N3O5/c19-16(23)9-14(12-2-1-3-20-10-12)18-17(24)15(22)8-13(26-18)11-21-4-6-25-7-5-21/h1-3,8,10,14,24H,4-7,9,11H2,(H2,19,23). The summed E-state index contributed by atoms with van der Waals surface area (Å²) in [6.07, 6.45) is 3.04. The second kappa shape index (κ2) is 8.11. The molecule has 1 unspecified atom stereocenters. The second-order valence-corrected chi connectivity index (χ2v) is 6.19. The van der Waals surface area contributed by atoms with E-state index in [4.69, 9.17) is 14.9 Å². The van der Waals surface area contributed by atoms with Crippen LogP contribution in [0.5, 0.6) is 5.75 Å². The number of carbonyl (C=O) groups is 1. The van der Waals surface area contributed by atoms with E-state index in [1.807, 2.05) is 0 Å². The molecule has 1 amide bonds. The number of aromatic nitrogens is 1. The van der Waals surface area contributed by atoms with Gasteiger partial charge < -0.3 is 20.0 Å². The fourth-order valence-electron chi connectivity index (χ4n) is 2.99. The molecule has 0 saturated carbocycles. The van der Waals surface area contributed by atoms with E-state index in [-0.39, 0.29) is 12.2 Å². The van der Waals surface area contributed by atoms with Crippen molar-refractivity contribution in [2.45, 2.75) is 18.9 Å². The van der Waals surface area contributed by atoms with Crippen molar-refractivity contribution in [3.05, 3.63) is 57.9 Å². The molecule has 0 radical (unpaired) electrons. The summed E-state index contributed by atoms with van der Waals surface area (Å²) in [4.78, 5) is 29.9. The molecule has 8 nitrogen and oxygen atoms in total. The number of hydrogen-bond donors (Lipinski definition) is 2. The Labute approximate surface area is 150 Å². The average Bonchev–Trinajstić information content (AvgIpc) is 2.64. The molecule has 0 aromatic carbocycles. The zero-order valence-corrected chi connectivity index (χ0v) is 14.3. The van der Waals surface area contributed by atoms with Gasteiger partial charge in [0.2, 0.25) is 17.1 Å². The summed E-state index contributed by atoms with van der Waals surface area (Å²) in [5.74, 6) is -1.31. The van der Waals surface area contributed by atoms with Crippen LogP contribution in [-0.2, 0) is 16.1 Å². The van der Waals surface area contributed by atoms with Gasteiger partial charge >= 0.3 is 0 Å². The lowest BCUT2D eigenvalue weighted by Crippen LogP contribution is -2.35. The summed E-state index contributed by atoms with van der Waals surface area (Å²) >= 11 is 0. The Morgan fingerprint density at radius 1 is 1.38 bits per heavy atom. The monoisotopic (exact) mass is 359 g/mol. The van der Waals surface area contributed by atoms with Crippen molar-refractivity contribution in [1.29, 1.82) is 0 Å². The van der Waals surface area contributed by atoms with Gasteiger partial charge in [-0.25, -0.2) is 0 Å². The van der Waals surface area contributed by atoms with E-state index in [0.717, 1.165) is 13.1 Å². The molecule has 1 fully saturated rings. The number of nitrogens with two attached hydrogens (primary N) is 1. The summed E-state index contributed by atoms with van der Waals surface area (Å²) in [5, 5.41) is 10.3. The molecule has 2 aromatic rings. The van der Waals surface area contributed by atoms with Crippen LogP contribution in [0.3, 0.4) is 0 Å². The first-order chi connectivity index (χ1) is 12.5. The van der Waals surface area contributed by atoms with Crippen LogP contribution >= 0.6 is 0 Å². The van der Waals surface area contributed by atoms with E-state index in [9.17, 15) is 14.7 Å². The highest BCUT2D eigenvalue weighted by atomic mass is 16.5. The molecule has 0 aliphatic carbocycles. The number of aromatic hydroxyl groups is 1. The maximum atomic E-state index is 12.2. The zero-order chi connectivity index (χ0) is 18.5. The maximum absolute atomic E-state index is 12.2. The number of ether oxygens (including phenoxy) is 1. The van der Waals surface area contributed by atoms with Gasteiger partial charge in [-0.1, -0.05) is 6.07 Å². The van der Waals surface area contributed by atoms with E-state index in [2.05, 4.69) is 9.88 Å². The molecule has 1 aliphatic rings. The third-order valence-corrected chi connectivity index (χ3v) is 4.29. The first-order valence-electron chi connectivity index (χ1n) is 8.39. The lowest BCUT2D eigenvalue weighted by molar-refractivity contribution is -0.118. The molecule has 3 rings (SSSR count). The predicted molar refractivity (Wildman–Crippen MR) is 92.6 cm³/mol. The number of pyridine rings is 1. The lowest BCUT2D eigenvalue weighted by atomic mass is 9.93. The highest BCUT2D eigenvalue weighted by Gasteiger charge is 2.26. The van der Waals surface area contributed by atoms with E-state index in [0.29, 0.717) is 31.1 Å². The van der Waals surface area contributed by atoms with Gasteiger partial charge in [0, 0.05) is 38.0 Å². The Kier molecular flexibility index (Phi) is 5.65. The summed E-state index contributed by atoms with van der Waals surface area (Å²) < 4.78 is 11.2. The highest BCUT2D eigenvalue weighted by Crippen LogP contribution is 2.32. The average molecular weight is 359 g/mol. The summed E-state index contributed by atoms with van der Waals surface area (Å²) in [5.41, 5.74) is 5.45. The number of amides is 1. The molecular weight excluding hydrogens is 338 g/mol. The van der Waals surface area contributed by atoms with E-state index in [1.165, 1.54) is 6.07 Å². The lowest BCUT2D eigenvalue weighted by Gasteiger charge is -2.26. The maximum Gasteiger partial charge on any atom is 0.227 e. The van der Waals surface area contributed by atoms with Crippen LogP contribution in [0.2, 0.25) is 0 Å². The number of hydrogen-bond acceptors (Lipinski definition) is 7. The second-order valence-electron chi connectivity index (χ2n) is 6.19. The number of rotatable bonds is 6. The van der Waals surface area contributed by atoms with Crippen LogP contribution in [0, 0.1) is 0 Å². The van der Waals surface area contributed by atoms with Crippen molar-refractivity contribution in [2.24, 2.45) is 5.73 Å². The largest absolute Gasteiger partial charge is 0.502 e. The Bertz CT molecular complexity index is 815. The van der Waals surface area contributed by atoms with Crippen LogP contribution in [0.1, 0.15) is 29.4 Å². The zero-order valence-electron chi connectivity index (χ0n) is 14.3. The van der Waals surface area contributed by atoms with Gasteiger partial charge in [0.25, 0.3) is 0 Å². The van der Waals surface area contributed by atoms with Crippen molar-refractivity contribution in [1.82, 2.24) is 9.88 Å². The van der Waals surface area contributed by atoms with Gasteiger partial charge in [-0.15, -0.1) is 0 Å². The van der Waals surface area contributed by atoms with Crippen molar-refractivity contribution in [2.75, 3.05) is 26.3 Å². The van der Waals surface area contributed by atoms with Crippen molar-refractivity contribution >= 4 is 5.91 Å². The minimum atomic E-state index is -0.682. The van der Waals surface area contributed by atoms with Crippen molar-refractivity contribution < 1.29 is 19.1 Å². The Balaban J connectivity index is 1.97. The summed E-state index contributed by atoms with van der Waals surface area (Å²) in [6, 6.07) is 4.73. The van der Waals surface area contributed by atoms with Gasteiger partial charge in [0.05, 0.1) is 25.7 Å². The number of nitrogens with zero attached hydrogens (tertiary/aromatic N) is 2. The quantitative estimate of drug-likeness (QED) is 0.774. The summed E-state index contributed by atoms with van der Waals surface area (Å²) in [7, 11) is 0. The van der Waals surface area contributed by atoms with Gasteiger partial charge in [-0.2, -0.15) is 0 Å². The SMILES string of the molecule is NC(=O)CC(c1cccnc1)c1oc(CN2CCOCC2)cc(=O)c1O. The number of carbonyl (C=O) groups excluding carboxylic acids is 1. The fourth-order valence-corrected chi connectivity index (χ4v) is 2.99. The van der Waals surface area contributed by atoms with E-state index in [1.54, 1.807) is 24.5 Å². The third kappa shape index (κ3) is 4.27. The fraction of sp³-hybridized carbons (Fsp3) is 0.389. The molecular formula is C18H21N3O5.